The van der Waals surface area contributed by atoms with Gasteiger partial charge in [0.05, 0.1) is 12.7 Å². The summed E-state index contributed by atoms with van der Waals surface area (Å²) >= 11 is 0. The molecule has 0 bridgehead atoms. The van der Waals surface area contributed by atoms with Crippen LogP contribution < -0.4 is 0 Å². The number of oxazole rings is 1. The first-order valence-electron chi connectivity index (χ1n) is 9.58. The lowest BCUT2D eigenvalue weighted by molar-refractivity contribution is 0.0600. The second-order valence-corrected chi connectivity index (χ2v) is 7.03. The maximum Gasteiger partial charge on any atom is 0.410 e. The number of piperidine rings is 1. The highest BCUT2D eigenvalue weighted by molar-refractivity contribution is 5.93. The molecule has 4 rings (SSSR count). The molecular formula is C22H22N2O5. The molecular weight excluding hydrogens is 372 g/mol. The van der Waals surface area contributed by atoms with Gasteiger partial charge in [0, 0.05) is 19.0 Å². The lowest BCUT2D eigenvalue weighted by Gasteiger charge is -2.29. The number of likely N-dealkylation sites (tertiary alicyclic amines) is 1. The molecule has 1 aliphatic rings. The Bertz CT molecular complexity index is 1010. The van der Waals surface area contributed by atoms with Crippen LogP contribution in [0.3, 0.4) is 0 Å². The maximum absolute atomic E-state index is 12.3. The van der Waals surface area contributed by atoms with Gasteiger partial charge in [0.2, 0.25) is 0 Å². The maximum atomic E-state index is 12.3. The predicted molar refractivity (Wildman–Crippen MR) is 106 cm³/mol. The number of esters is 1. The quantitative estimate of drug-likeness (QED) is 0.619. The molecule has 0 aliphatic carbocycles. The Morgan fingerprint density at radius 2 is 1.90 bits per heavy atom. The molecule has 2 heterocycles. The van der Waals surface area contributed by atoms with E-state index in [0.29, 0.717) is 35.6 Å². The van der Waals surface area contributed by atoms with E-state index in [9.17, 15) is 9.59 Å². The Balaban J connectivity index is 1.35. The van der Waals surface area contributed by atoms with Gasteiger partial charge in [-0.25, -0.2) is 14.6 Å². The summed E-state index contributed by atoms with van der Waals surface area (Å²) in [5.41, 5.74) is 2.68. The van der Waals surface area contributed by atoms with Crippen LogP contribution in [-0.4, -0.2) is 42.1 Å². The SMILES string of the molecule is COC(=O)c1ccc2oc(C3CCN(C(=O)OCc4ccccc4)CC3)nc2c1. The van der Waals surface area contributed by atoms with E-state index >= 15 is 0 Å². The van der Waals surface area contributed by atoms with Crippen molar-refractivity contribution in [2.45, 2.75) is 25.4 Å². The summed E-state index contributed by atoms with van der Waals surface area (Å²) in [5.74, 6) is 0.361. The number of hydrogen-bond acceptors (Lipinski definition) is 6. The summed E-state index contributed by atoms with van der Waals surface area (Å²) < 4.78 is 16.0. The molecule has 1 fully saturated rings. The fraction of sp³-hybridized carbons (Fsp3) is 0.318. The zero-order valence-corrected chi connectivity index (χ0v) is 16.2. The van der Waals surface area contributed by atoms with Crippen LogP contribution in [0.5, 0.6) is 0 Å². The van der Waals surface area contributed by atoms with E-state index in [1.165, 1.54) is 7.11 Å². The molecule has 1 aliphatic heterocycles. The topological polar surface area (TPSA) is 81.9 Å². The fourth-order valence-corrected chi connectivity index (χ4v) is 3.48. The number of amides is 1. The highest BCUT2D eigenvalue weighted by atomic mass is 16.6. The first kappa shape index (κ1) is 19.0. The van der Waals surface area contributed by atoms with Gasteiger partial charge >= 0.3 is 12.1 Å². The minimum absolute atomic E-state index is 0.127. The first-order chi connectivity index (χ1) is 14.1. The van der Waals surface area contributed by atoms with Gasteiger partial charge < -0.3 is 18.8 Å². The third kappa shape index (κ3) is 4.23. The third-order valence-corrected chi connectivity index (χ3v) is 5.13. The zero-order valence-electron chi connectivity index (χ0n) is 16.2. The smallest absolute Gasteiger partial charge is 0.410 e. The van der Waals surface area contributed by atoms with Gasteiger partial charge in [0.1, 0.15) is 12.1 Å². The Labute approximate surface area is 168 Å². The van der Waals surface area contributed by atoms with Gasteiger partial charge in [0.15, 0.2) is 11.5 Å². The molecule has 7 nitrogen and oxygen atoms in total. The van der Waals surface area contributed by atoms with E-state index in [1.807, 2.05) is 30.3 Å². The number of carbonyl (C=O) groups excluding carboxylic acids is 2. The van der Waals surface area contributed by atoms with Crippen molar-refractivity contribution in [3.05, 3.63) is 65.5 Å². The van der Waals surface area contributed by atoms with Crippen molar-refractivity contribution in [1.29, 1.82) is 0 Å². The van der Waals surface area contributed by atoms with Crippen LogP contribution in [0, 0.1) is 0 Å². The number of hydrogen-bond donors (Lipinski definition) is 0. The van der Waals surface area contributed by atoms with Gasteiger partial charge in [0.25, 0.3) is 0 Å². The number of carbonyl (C=O) groups is 2. The fourth-order valence-electron chi connectivity index (χ4n) is 3.48. The van der Waals surface area contributed by atoms with Crippen LogP contribution in [0.1, 0.15) is 40.6 Å². The number of benzene rings is 2. The van der Waals surface area contributed by atoms with Crippen LogP contribution in [0.25, 0.3) is 11.1 Å². The van der Waals surface area contributed by atoms with Crippen molar-refractivity contribution in [2.24, 2.45) is 0 Å². The van der Waals surface area contributed by atoms with E-state index in [-0.39, 0.29) is 18.6 Å². The highest BCUT2D eigenvalue weighted by Gasteiger charge is 2.28. The van der Waals surface area contributed by atoms with Crippen molar-refractivity contribution in [3.8, 4) is 0 Å². The van der Waals surface area contributed by atoms with Gasteiger partial charge in [-0.15, -0.1) is 0 Å². The van der Waals surface area contributed by atoms with E-state index < -0.39 is 5.97 Å². The van der Waals surface area contributed by atoms with Crippen molar-refractivity contribution in [1.82, 2.24) is 9.88 Å². The molecule has 3 aromatic rings. The van der Waals surface area contributed by atoms with Crippen LogP contribution in [0.15, 0.2) is 52.9 Å². The molecule has 1 saturated heterocycles. The van der Waals surface area contributed by atoms with Crippen LogP contribution >= 0.6 is 0 Å². The Kier molecular flexibility index (Phi) is 5.46. The van der Waals surface area contributed by atoms with Crippen LogP contribution in [-0.2, 0) is 16.1 Å². The molecule has 0 atom stereocenters. The molecule has 0 spiro atoms. The number of rotatable bonds is 4. The van der Waals surface area contributed by atoms with E-state index in [4.69, 9.17) is 13.9 Å². The Morgan fingerprint density at radius 3 is 2.62 bits per heavy atom. The molecule has 0 radical (unpaired) electrons. The van der Waals surface area contributed by atoms with E-state index in [1.54, 1.807) is 23.1 Å². The average Bonchev–Trinajstić information content (AvgIpc) is 3.21. The van der Waals surface area contributed by atoms with Gasteiger partial charge in [-0.2, -0.15) is 0 Å². The monoisotopic (exact) mass is 394 g/mol. The highest BCUT2D eigenvalue weighted by Crippen LogP contribution is 2.30. The summed E-state index contributed by atoms with van der Waals surface area (Å²) in [7, 11) is 1.35. The van der Waals surface area contributed by atoms with Crippen molar-refractivity contribution < 1.29 is 23.5 Å². The second kappa shape index (κ2) is 8.34. The number of ether oxygens (including phenoxy) is 2. The number of aromatic nitrogens is 1. The minimum atomic E-state index is -0.404. The molecule has 0 unspecified atom stereocenters. The summed E-state index contributed by atoms with van der Waals surface area (Å²) in [6, 6.07) is 14.7. The average molecular weight is 394 g/mol. The zero-order chi connectivity index (χ0) is 20.2. The molecule has 0 saturated carbocycles. The normalized spacial score (nSPS) is 14.7. The molecule has 1 aromatic heterocycles. The molecule has 0 N–H and O–H groups in total. The van der Waals surface area contributed by atoms with Crippen molar-refractivity contribution >= 4 is 23.2 Å². The van der Waals surface area contributed by atoms with Crippen molar-refractivity contribution in [3.63, 3.8) is 0 Å². The Hall–Kier alpha value is -3.35. The summed E-state index contributed by atoms with van der Waals surface area (Å²) in [5, 5.41) is 0. The van der Waals surface area contributed by atoms with Crippen LogP contribution in [0.4, 0.5) is 4.79 Å². The lowest BCUT2D eigenvalue weighted by Crippen LogP contribution is -2.38. The second-order valence-electron chi connectivity index (χ2n) is 7.03. The Morgan fingerprint density at radius 1 is 1.14 bits per heavy atom. The molecule has 1 amide bonds. The van der Waals surface area contributed by atoms with E-state index in [0.717, 1.165) is 18.4 Å². The van der Waals surface area contributed by atoms with Gasteiger partial charge in [-0.3, -0.25) is 0 Å². The predicted octanol–water partition coefficient (Wildman–Crippen LogP) is 4.13. The van der Waals surface area contributed by atoms with Gasteiger partial charge in [-0.05, 0) is 36.6 Å². The molecule has 7 heteroatoms. The largest absolute Gasteiger partial charge is 0.465 e. The molecule has 29 heavy (non-hydrogen) atoms. The van der Waals surface area contributed by atoms with Crippen LogP contribution in [0.2, 0.25) is 0 Å². The first-order valence-corrected chi connectivity index (χ1v) is 9.58. The van der Waals surface area contributed by atoms with E-state index in [2.05, 4.69) is 4.98 Å². The third-order valence-electron chi connectivity index (χ3n) is 5.13. The van der Waals surface area contributed by atoms with Crippen molar-refractivity contribution in [2.75, 3.05) is 20.2 Å². The number of nitrogens with zero attached hydrogens (tertiary/aromatic N) is 2. The number of fused-ring (bicyclic) bond motifs is 1. The summed E-state index contributed by atoms with van der Waals surface area (Å²) in [6.45, 7) is 1.45. The summed E-state index contributed by atoms with van der Waals surface area (Å²) in [4.78, 5) is 30.3. The van der Waals surface area contributed by atoms with Gasteiger partial charge in [-0.1, -0.05) is 30.3 Å². The summed E-state index contributed by atoms with van der Waals surface area (Å²) in [6.07, 6.45) is 1.20. The minimum Gasteiger partial charge on any atom is -0.465 e. The number of methoxy groups -OCH3 is 1. The lowest BCUT2D eigenvalue weighted by atomic mass is 9.97. The molecule has 150 valence electrons. The standard InChI is InChI=1S/C22H22N2O5/c1-27-21(25)17-7-8-19-18(13-17)23-20(29-19)16-9-11-24(12-10-16)22(26)28-14-15-5-3-2-4-6-15/h2-8,13,16H,9-12,14H2,1H3. The molecule has 2 aromatic carbocycles.